The third kappa shape index (κ3) is 3.92. The highest BCUT2D eigenvalue weighted by Gasteiger charge is 2.11. The zero-order valence-corrected chi connectivity index (χ0v) is 10.4. The lowest BCUT2D eigenvalue weighted by molar-refractivity contribution is -0.115. The molecule has 0 atom stereocenters. The van der Waals surface area contributed by atoms with E-state index in [-0.39, 0.29) is 34.5 Å². The van der Waals surface area contributed by atoms with Crippen LogP contribution in [0.5, 0.6) is 0 Å². The molecule has 0 fully saturated rings. The summed E-state index contributed by atoms with van der Waals surface area (Å²) in [5.74, 6) is -0.243. The van der Waals surface area contributed by atoms with Crippen molar-refractivity contribution in [1.82, 2.24) is 15.3 Å². The van der Waals surface area contributed by atoms with Crippen molar-refractivity contribution in [1.29, 1.82) is 0 Å². The minimum absolute atomic E-state index is 0.123. The van der Waals surface area contributed by atoms with E-state index < -0.39 is 0 Å². The summed E-state index contributed by atoms with van der Waals surface area (Å²) < 4.78 is 0. The highest BCUT2D eigenvalue weighted by molar-refractivity contribution is 6.38. The number of aromatic nitrogens is 2. The fourth-order valence-electron chi connectivity index (χ4n) is 0.928. The molecule has 2 N–H and O–H groups in total. The maximum Gasteiger partial charge on any atom is 0.238 e. The molecule has 0 saturated carbocycles. The summed E-state index contributed by atoms with van der Waals surface area (Å²) in [4.78, 5) is 18.9. The van der Waals surface area contributed by atoms with Gasteiger partial charge in [-0.25, -0.2) is 9.97 Å². The van der Waals surface area contributed by atoms with Gasteiger partial charge in [-0.15, -0.1) is 0 Å². The van der Waals surface area contributed by atoms with E-state index in [1.807, 2.05) is 13.8 Å². The number of nitrogens with zero attached hydrogens (tertiary/aromatic N) is 2. The molecule has 16 heavy (non-hydrogen) atoms. The molecule has 0 unspecified atom stereocenters. The van der Waals surface area contributed by atoms with Crippen LogP contribution in [0.4, 0.5) is 5.69 Å². The zero-order chi connectivity index (χ0) is 12.1. The van der Waals surface area contributed by atoms with E-state index in [0.717, 1.165) is 0 Å². The summed E-state index contributed by atoms with van der Waals surface area (Å²) in [5, 5.41) is 5.76. The lowest BCUT2D eigenvalue weighted by atomic mass is 10.4. The van der Waals surface area contributed by atoms with E-state index in [4.69, 9.17) is 23.2 Å². The molecule has 0 bridgehead atoms. The normalized spacial score (nSPS) is 10.6. The smallest absolute Gasteiger partial charge is 0.238 e. The Morgan fingerprint density at radius 1 is 1.38 bits per heavy atom. The number of halogens is 2. The molecule has 1 rings (SSSR count). The fourth-order valence-corrected chi connectivity index (χ4v) is 1.34. The highest BCUT2D eigenvalue weighted by Crippen LogP contribution is 2.25. The van der Waals surface area contributed by atoms with Crippen molar-refractivity contribution < 1.29 is 4.79 Å². The van der Waals surface area contributed by atoms with Crippen LogP contribution in [0.1, 0.15) is 13.8 Å². The summed E-state index contributed by atoms with van der Waals surface area (Å²) in [6, 6.07) is 0.226. The molecule has 1 aromatic heterocycles. The number of carbonyl (C=O) groups is 1. The molecule has 0 aliphatic heterocycles. The van der Waals surface area contributed by atoms with Gasteiger partial charge < -0.3 is 10.6 Å². The van der Waals surface area contributed by atoms with Crippen LogP contribution < -0.4 is 10.6 Å². The number of anilines is 1. The second kappa shape index (κ2) is 5.98. The van der Waals surface area contributed by atoms with Crippen LogP contribution in [0, 0.1) is 0 Å². The Bertz CT molecular complexity index is 364. The van der Waals surface area contributed by atoms with Gasteiger partial charge in [-0.05, 0) is 0 Å². The van der Waals surface area contributed by atoms with Gasteiger partial charge in [-0.3, -0.25) is 4.79 Å². The minimum atomic E-state index is -0.243. The molecule has 0 spiro atoms. The molecule has 5 nitrogen and oxygen atoms in total. The summed E-state index contributed by atoms with van der Waals surface area (Å²) in [7, 11) is 0. The maximum absolute atomic E-state index is 11.5. The number of rotatable bonds is 4. The summed E-state index contributed by atoms with van der Waals surface area (Å²) >= 11 is 11.5. The van der Waals surface area contributed by atoms with Crippen LogP contribution in [-0.4, -0.2) is 28.5 Å². The molecule has 7 heteroatoms. The van der Waals surface area contributed by atoms with E-state index in [2.05, 4.69) is 20.6 Å². The molecule has 0 aromatic carbocycles. The number of hydrogen-bond donors (Lipinski definition) is 2. The Kier molecular flexibility index (Phi) is 4.92. The average Bonchev–Trinajstić information content (AvgIpc) is 2.21. The third-order valence-corrected chi connectivity index (χ3v) is 2.26. The van der Waals surface area contributed by atoms with Crippen molar-refractivity contribution in [2.45, 2.75) is 19.9 Å². The molecule has 0 aliphatic carbocycles. The molecule has 1 amide bonds. The molecule has 0 radical (unpaired) electrons. The lowest BCUT2D eigenvalue weighted by Gasteiger charge is -2.10. The first-order valence-corrected chi connectivity index (χ1v) is 5.45. The standard InChI is InChI=1S/C9H12Cl2N4O/c1-5(2)12-3-6(16)15-7-8(10)13-4-14-9(7)11/h4-5,12H,3H2,1-2H3,(H,15,16). The third-order valence-electron chi connectivity index (χ3n) is 1.69. The fraction of sp³-hybridized carbons (Fsp3) is 0.444. The Labute approximate surface area is 104 Å². The second-order valence-corrected chi connectivity index (χ2v) is 4.13. The van der Waals surface area contributed by atoms with E-state index in [1.54, 1.807) is 0 Å². The van der Waals surface area contributed by atoms with Crippen molar-refractivity contribution in [2.24, 2.45) is 0 Å². The average molecular weight is 263 g/mol. The van der Waals surface area contributed by atoms with E-state index >= 15 is 0 Å². The lowest BCUT2D eigenvalue weighted by Crippen LogP contribution is -2.32. The Morgan fingerprint density at radius 3 is 2.44 bits per heavy atom. The Hall–Kier alpha value is -0.910. The van der Waals surface area contributed by atoms with Crippen molar-refractivity contribution in [2.75, 3.05) is 11.9 Å². The van der Waals surface area contributed by atoms with Gasteiger partial charge in [0.15, 0.2) is 10.3 Å². The first-order chi connectivity index (χ1) is 7.50. The molecule has 0 saturated heterocycles. The van der Waals surface area contributed by atoms with Gasteiger partial charge in [0.05, 0.1) is 6.54 Å². The Balaban J connectivity index is 2.63. The second-order valence-electron chi connectivity index (χ2n) is 3.41. The van der Waals surface area contributed by atoms with Crippen molar-refractivity contribution in [3.8, 4) is 0 Å². The van der Waals surface area contributed by atoms with Gasteiger partial charge >= 0.3 is 0 Å². The molecular weight excluding hydrogens is 251 g/mol. The van der Waals surface area contributed by atoms with Crippen molar-refractivity contribution in [3.63, 3.8) is 0 Å². The van der Waals surface area contributed by atoms with Crippen LogP contribution >= 0.6 is 23.2 Å². The van der Waals surface area contributed by atoms with Crippen LogP contribution in [0.15, 0.2) is 6.33 Å². The molecular formula is C9H12Cl2N4O. The van der Waals surface area contributed by atoms with Crippen molar-refractivity contribution >= 4 is 34.8 Å². The van der Waals surface area contributed by atoms with Gasteiger partial charge in [0.2, 0.25) is 5.91 Å². The molecule has 1 heterocycles. The highest BCUT2D eigenvalue weighted by atomic mass is 35.5. The van der Waals surface area contributed by atoms with Gasteiger partial charge in [0.1, 0.15) is 12.0 Å². The topological polar surface area (TPSA) is 66.9 Å². The number of nitrogens with one attached hydrogen (secondary N) is 2. The van der Waals surface area contributed by atoms with E-state index in [9.17, 15) is 4.79 Å². The largest absolute Gasteiger partial charge is 0.320 e. The van der Waals surface area contributed by atoms with Crippen LogP contribution in [0.3, 0.4) is 0 Å². The van der Waals surface area contributed by atoms with Crippen LogP contribution in [-0.2, 0) is 4.79 Å². The molecule has 88 valence electrons. The first kappa shape index (κ1) is 13.2. The van der Waals surface area contributed by atoms with Gasteiger partial charge in [-0.1, -0.05) is 37.0 Å². The van der Waals surface area contributed by atoms with Gasteiger partial charge in [0, 0.05) is 6.04 Å². The first-order valence-electron chi connectivity index (χ1n) is 4.70. The predicted molar refractivity (Wildman–Crippen MR) is 63.8 cm³/mol. The SMILES string of the molecule is CC(C)NCC(=O)Nc1c(Cl)ncnc1Cl. The predicted octanol–water partition coefficient (Wildman–Crippen LogP) is 1.72. The summed E-state index contributed by atoms with van der Waals surface area (Å²) in [6.45, 7) is 4.07. The minimum Gasteiger partial charge on any atom is -0.320 e. The zero-order valence-electron chi connectivity index (χ0n) is 8.92. The van der Waals surface area contributed by atoms with Crippen LogP contribution in [0.2, 0.25) is 10.3 Å². The van der Waals surface area contributed by atoms with E-state index in [1.165, 1.54) is 6.33 Å². The van der Waals surface area contributed by atoms with Crippen molar-refractivity contribution in [3.05, 3.63) is 16.6 Å². The van der Waals surface area contributed by atoms with Gasteiger partial charge in [0.25, 0.3) is 0 Å². The monoisotopic (exact) mass is 262 g/mol. The number of amides is 1. The molecule has 1 aromatic rings. The summed E-state index contributed by atoms with van der Waals surface area (Å²) in [5.41, 5.74) is 0.237. The van der Waals surface area contributed by atoms with E-state index in [0.29, 0.717) is 0 Å². The number of hydrogen-bond acceptors (Lipinski definition) is 4. The quantitative estimate of drug-likeness (QED) is 0.812. The van der Waals surface area contributed by atoms with Crippen LogP contribution in [0.25, 0.3) is 0 Å². The van der Waals surface area contributed by atoms with Gasteiger partial charge in [-0.2, -0.15) is 0 Å². The number of carbonyl (C=O) groups excluding carboxylic acids is 1. The summed E-state index contributed by atoms with van der Waals surface area (Å²) in [6.07, 6.45) is 1.23. The molecule has 0 aliphatic rings. The maximum atomic E-state index is 11.5. The Morgan fingerprint density at radius 2 is 1.94 bits per heavy atom.